The van der Waals surface area contributed by atoms with Gasteiger partial charge in [0.1, 0.15) is 6.04 Å². The molecule has 0 radical (unpaired) electrons. The summed E-state index contributed by atoms with van der Waals surface area (Å²) in [5.74, 6) is -0.989. The molecule has 198 valence electrons. The highest BCUT2D eigenvalue weighted by Crippen LogP contribution is 2.25. The molecule has 0 aliphatic rings. The van der Waals surface area contributed by atoms with Crippen molar-refractivity contribution in [2.75, 3.05) is 6.61 Å². The molecule has 2 aromatic carbocycles. The van der Waals surface area contributed by atoms with Crippen LogP contribution in [0.4, 0.5) is 0 Å². The molecule has 2 atom stereocenters. The Hall–Kier alpha value is -3.56. The number of nitrogens with zero attached hydrogens (tertiary/aromatic N) is 3. The Bertz CT molecular complexity index is 1160. The van der Waals surface area contributed by atoms with Gasteiger partial charge in [0.25, 0.3) is 5.91 Å². The lowest BCUT2D eigenvalue weighted by Gasteiger charge is -2.28. The quantitative estimate of drug-likeness (QED) is 0.321. The molecular formula is C28H37N5O4. The minimum Gasteiger partial charge on any atom is -0.441 e. The van der Waals surface area contributed by atoms with Crippen molar-refractivity contribution < 1.29 is 19.4 Å². The summed E-state index contributed by atoms with van der Waals surface area (Å²) in [6.45, 7) is 7.38. The Balaban J connectivity index is 1.66. The van der Waals surface area contributed by atoms with E-state index in [9.17, 15) is 14.7 Å². The summed E-state index contributed by atoms with van der Waals surface area (Å²) in [4.78, 5) is 25.0. The normalized spacial score (nSPS) is 13.3. The summed E-state index contributed by atoms with van der Waals surface area (Å²) >= 11 is 0. The number of aromatic nitrogens is 3. The zero-order valence-electron chi connectivity index (χ0n) is 21.9. The number of aliphatic hydroxyl groups excluding tert-OH is 1. The molecular weight excluding hydrogens is 470 g/mol. The summed E-state index contributed by atoms with van der Waals surface area (Å²) in [6.07, 6.45) is 2.57. The van der Waals surface area contributed by atoms with E-state index in [1.54, 1.807) is 0 Å². The molecule has 0 bridgehead atoms. The van der Waals surface area contributed by atoms with E-state index in [-0.39, 0.29) is 36.4 Å². The lowest BCUT2D eigenvalue weighted by molar-refractivity contribution is -0.150. The third kappa shape index (κ3) is 8.23. The largest absolute Gasteiger partial charge is 0.441 e. The number of ether oxygens (including phenoxy) is 1. The first kappa shape index (κ1) is 28.0. The summed E-state index contributed by atoms with van der Waals surface area (Å²) < 4.78 is 6.44. The molecule has 0 saturated carbocycles. The van der Waals surface area contributed by atoms with E-state index in [1.807, 2.05) is 45.9 Å². The van der Waals surface area contributed by atoms with Gasteiger partial charge in [0, 0.05) is 12.6 Å². The highest BCUT2D eigenvalue weighted by Gasteiger charge is 2.26. The number of aliphatic hydroxyl groups is 1. The number of rotatable bonds is 12. The fourth-order valence-electron chi connectivity index (χ4n) is 3.88. The SMILES string of the molecule is CC(C)[C@H](N)C(=O)OCn1cc(C(=O)N[C@H](Cc2ccc(-c3ccccc3)cc2)CC(C)(C)CO)nn1. The lowest BCUT2D eigenvalue weighted by atomic mass is 9.84. The summed E-state index contributed by atoms with van der Waals surface area (Å²) in [5.41, 5.74) is 8.84. The van der Waals surface area contributed by atoms with Crippen molar-refractivity contribution in [3.63, 3.8) is 0 Å². The van der Waals surface area contributed by atoms with Gasteiger partial charge in [-0.15, -0.1) is 5.10 Å². The Morgan fingerprint density at radius 3 is 2.35 bits per heavy atom. The maximum absolute atomic E-state index is 13.0. The third-order valence-electron chi connectivity index (χ3n) is 6.21. The van der Waals surface area contributed by atoms with Gasteiger partial charge in [-0.1, -0.05) is 87.5 Å². The number of carbonyl (C=O) groups excluding carboxylic acids is 2. The van der Waals surface area contributed by atoms with Crippen molar-refractivity contribution in [1.82, 2.24) is 20.3 Å². The molecule has 0 aliphatic heterocycles. The van der Waals surface area contributed by atoms with E-state index in [4.69, 9.17) is 10.5 Å². The van der Waals surface area contributed by atoms with Gasteiger partial charge >= 0.3 is 5.97 Å². The zero-order chi connectivity index (χ0) is 27.0. The van der Waals surface area contributed by atoms with Gasteiger partial charge < -0.3 is 20.9 Å². The second-order valence-electron chi connectivity index (χ2n) is 10.5. The smallest absolute Gasteiger partial charge is 0.324 e. The highest BCUT2D eigenvalue weighted by molar-refractivity contribution is 5.92. The number of hydrogen-bond acceptors (Lipinski definition) is 7. The summed E-state index contributed by atoms with van der Waals surface area (Å²) in [6, 6.07) is 17.4. The first-order valence-electron chi connectivity index (χ1n) is 12.5. The van der Waals surface area contributed by atoms with E-state index in [0.29, 0.717) is 12.8 Å². The van der Waals surface area contributed by atoms with Crippen molar-refractivity contribution in [1.29, 1.82) is 0 Å². The van der Waals surface area contributed by atoms with E-state index in [0.717, 1.165) is 16.7 Å². The van der Waals surface area contributed by atoms with Crippen LogP contribution in [0.2, 0.25) is 0 Å². The van der Waals surface area contributed by atoms with Crippen LogP contribution in [0.1, 0.15) is 50.2 Å². The first-order valence-corrected chi connectivity index (χ1v) is 12.5. The van der Waals surface area contributed by atoms with Crippen LogP contribution in [0.5, 0.6) is 0 Å². The van der Waals surface area contributed by atoms with Crippen LogP contribution in [0.25, 0.3) is 11.1 Å². The second kappa shape index (κ2) is 12.6. The molecule has 1 heterocycles. The molecule has 9 nitrogen and oxygen atoms in total. The van der Waals surface area contributed by atoms with Gasteiger partial charge in [-0.2, -0.15) is 0 Å². The molecule has 4 N–H and O–H groups in total. The van der Waals surface area contributed by atoms with Crippen LogP contribution in [0, 0.1) is 11.3 Å². The number of hydrogen-bond donors (Lipinski definition) is 3. The van der Waals surface area contributed by atoms with Gasteiger partial charge in [0.15, 0.2) is 12.4 Å². The predicted molar refractivity (Wildman–Crippen MR) is 141 cm³/mol. The van der Waals surface area contributed by atoms with E-state index in [1.165, 1.54) is 10.9 Å². The minimum atomic E-state index is -0.733. The summed E-state index contributed by atoms with van der Waals surface area (Å²) in [5, 5.41) is 20.7. The van der Waals surface area contributed by atoms with Crippen molar-refractivity contribution in [3.8, 4) is 11.1 Å². The van der Waals surface area contributed by atoms with Gasteiger partial charge in [-0.3, -0.25) is 9.59 Å². The molecule has 3 aromatic rings. The maximum atomic E-state index is 13.0. The summed E-state index contributed by atoms with van der Waals surface area (Å²) in [7, 11) is 0. The van der Waals surface area contributed by atoms with Crippen molar-refractivity contribution in [2.45, 2.75) is 59.4 Å². The number of nitrogens with one attached hydrogen (secondary N) is 1. The molecule has 0 fully saturated rings. The average molecular weight is 508 g/mol. The molecule has 0 saturated heterocycles. The first-order chi connectivity index (χ1) is 17.6. The van der Waals surface area contributed by atoms with Gasteiger partial charge in [0.2, 0.25) is 0 Å². The molecule has 0 unspecified atom stereocenters. The molecule has 3 rings (SSSR count). The van der Waals surface area contributed by atoms with E-state index < -0.39 is 17.9 Å². The maximum Gasteiger partial charge on any atom is 0.324 e. The standard InChI is InChI=1S/C28H37N5O4/c1-19(2)25(29)27(36)37-18-33-16-24(31-32-33)26(35)30-23(15-28(3,4)17-34)14-20-10-12-22(13-11-20)21-8-6-5-7-9-21/h5-13,16,19,23,25,34H,14-15,17-18,29H2,1-4H3,(H,30,35)/t23-,25+/m1/s1. The van der Waals surface area contributed by atoms with Crippen molar-refractivity contribution >= 4 is 11.9 Å². The minimum absolute atomic E-state index is 0.00756. The van der Waals surface area contributed by atoms with Crippen LogP contribution in [-0.2, 0) is 22.7 Å². The molecule has 1 amide bonds. The number of benzene rings is 2. The Kier molecular flexibility index (Phi) is 9.54. The second-order valence-corrected chi connectivity index (χ2v) is 10.5. The number of carbonyl (C=O) groups is 2. The zero-order valence-corrected chi connectivity index (χ0v) is 21.9. The molecule has 0 aliphatic carbocycles. The van der Waals surface area contributed by atoms with E-state index >= 15 is 0 Å². The van der Waals surface area contributed by atoms with Crippen LogP contribution < -0.4 is 11.1 Å². The number of amides is 1. The monoisotopic (exact) mass is 507 g/mol. The number of esters is 1. The lowest BCUT2D eigenvalue weighted by Crippen LogP contribution is -2.40. The molecule has 9 heteroatoms. The third-order valence-corrected chi connectivity index (χ3v) is 6.21. The predicted octanol–water partition coefficient (Wildman–Crippen LogP) is 3.18. The molecule has 1 aromatic heterocycles. The van der Waals surface area contributed by atoms with Crippen molar-refractivity contribution in [2.24, 2.45) is 17.1 Å². The topological polar surface area (TPSA) is 132 Å². The van der Waals surface area contributed by atoms with Crippen molar-refractivity contribution in [3.05, 3.63) is 72.1 Å². The van der Waals surface area contributed by atoms with Crippen LogP contribution in [-0.4, -0.2) is 50.7 Å². The van der Waals surface area contributed by atoms with Gasteiger partial charge in [-0.05, 0) is 40.9 Å². The Morgan fingerprint density at radius 1 is 1.08 bits per heavy atom. The van der Waals surface area contributed by atoms with Gasteiger partial charge in [0.05, 0.1) is 6.20 Å². The van der Waals surface area contributed by atoms with Crippen LogP contribution in [0.3, 0.4) is 0 Å². The highest BCUT2D eigenvalue weighted by atomic mass is 16.5. The molecule has 37 heavy (non-hydrogen) atoms. The van der Waals surface area contributed by atoms with Crippen LogP contribution >= 0.6 is 0 Å². The van der Waals surface area contributed by atoms with E-state index in [2.05, 4.69) is 52.0 Å². The van der Waals surface area contributed by atoms with Gasteiger partial charge in [-0.25, -0.2) is 4.68 Å². The fraction of sp³-hybridized carbons (Fsp3) is 0.429. The average Bonchev–Trinajstić information content (AvgIpc) is 3.37. The number of nitrogens with two attached hydrogens (primary N) is 1. The molecule has 0 spiro atoms. The van der Waals surface area contributed by atoms with Crippen LogP contribution in [0.15, 0.2) is 60.8 Å². The Labute approximate surface area is 218 Å². The Morgan fingerprint density at radius 2 is 1.73 bits per heavy atom. The fourth-order valence-corrected chi connectivity index (χ4v) is 3.88.